The number of aliphatic hydroxyl groups excluding tert-OH is 2. The van der Waals surface area contributed by atoms with Crippen molar-refractivity contribution < 1.29 is 14.9 Å². The van der Waals surface area contributed by atoms with Crippen LogP contribution in [0.1, 0.15) is 19.8 Å². The molecule has 1 rings (SSSR count). The topological polar surface area (TPSA) is 61.7 Å². The molecular formula is C14H22ClNO3. The Bertz CT molecular complexity index is 362. The summed E-state index contributed by atoms with van der Waals surface area (Å²) in [6.45, 7) is 2.92. The van der Waals surface area contributed by atoms with Gasteiger partial charge in [-0.3, -0.25) is 0 Å². The van der Waals surface area contributed by atoms with E-state index < -0.39 is 6.10 Å². The summed E-state index contributed by atoms with van der Waals surface area (Å²) in [5.41, 5.74) is 0. The molecule has 0 heterocycles. The summed E-state index contributed by atoms with van der Waals surface area (Å²) in [6.07, 6.45) is 1.08. The third kappa shape index (κ3) is 7.38. The second kappa shape index (κ2) is 9.15. The van der Waals surface area contributed by atoms with Crippen LogP contribution in [0.15, 0.2) is 24.3 Å². The zero-order valence-corrected chi connectivity index (χ0v) is 11.9. The van der Waals surface area contributed by atoms with Gasteiger partial charge in [0, 0.05) is 24.2 Å². The predicted octanol–water partition coefficient (Wildman–Crippen LogP) is 1.83. The van der Waals surface area contributed by atoms with E-state index in [0.29, 0.717) is 17.3 Å². The van der Waals surface area contributed by atoms with Gasteiger partial charge in [0.25, 0.3) is 0 Å². The van der Waals surface area contributed by atoms with Crippen molar-refractivity contribution in [2.75, 3.05) is 19.8 Å². The van der Waals surface area contributed by atoms with Crippen molar-refractivity contribution in [3.63, 3.8) is 0 Å². The molecule has 2 unspecified atom stereocenters. The van der Waals surface area contributed by atoms with E-state index in [1.54, 1.807) is 24.3 Å². The Morgan fingerprint density at radius 2 is 2.21 bits per heavy atom. The number of ether oxygens (including phenoxy) is 1. The highest BCUT2D eigenvalue weighted by atomic mass is 35.5. The van der Waals surface area contributed by atoms with Crippen LogP contribution in [0, 0.1) is 0 Å². The van der Waals surface area contributed by atoms with E-state index in [9.17, 15) is 5.11 Å². The fourth-order valence-corrected chi connectivity index (χ4v) is 1.83. The van der Waals surface area contributed by atoms with Crippen LogP contribution in [-0.2, 0) is 0 Å². The lowest BCUT2D eigenvalue weighted by Crippen LogP contribution is -2.36. The summed E-state index contributed by atoms with van der Waals surface area (Å²) >= 11 is 5.84. The van der Waals surface area contributed by atoms with Crippen molar-refractivity contribution in [3.05, 3.63) is 29.3 Å². The van der Waals surface area contributed by atoms with Gasteiger partial charge in [-0.15, -0.1) is 0 Å². The van der Waals surface area contributed by atoms with Crippen LogP contribution in [0.3, 0.4) is 0 Å². The molecule has 0 amide bonds. The molecule has 108 valence electrons. The first-order chi connectivity index (χ1) is 9.11. The monoisotopic (exact) mass is 287 g/mol. The van der Waals surface area contributed by atoms with Gasteiger partial charge >= 0.3 is 0 Å². The number of hydrogen-bond donors (Lipinski definition) is 3. The molecule has 5 heteroatoms. The Kier molecular flexibility index (Phi) is 7.82. The average Bonchev–Trinajstić information content (AvgIpc) is 2.40. The summed E-state index contributed by atoms with van der Waals surface area (Å²) in [6, 6.07) is 7.36. The molecule has 0 saturated carbocycles. The van der Waals surface area contributed by atoms with Crippen LogP contribution in [-0.4, -0.2) is 42.1 Å². The van der Waals surface area contributed by atoms with Gasteiger partial charge in [-0.2, -0.15) is 0 Å². The Labute approximate surface area is 119 Å². The zero-order chi connectivity index (χ0) is 14.1. The van der Waals surface area contributed by atoms with Gasteiger partial charge in [0.2, 0.25) is 0 Å². The quantitative estimate of drug-likeness (QED) is 0.648. The maximum atomic E-state index is 9.78. The highest BCUT2D eigenvalue weighted by Crippen LogP contribution is 2.17. The zero-order valence-electron chi connectivity index (χ0n) is 11.2. The molecule has 0 bridgehead atoms. The van der Waals surface area contributed by atoms with Crippen LogP contribution in [0.5, 0.6) is 5.75 Å². The molecule has 0 aliphatic heterocycles. The van der Waals surface area contributed by atoms with Gasteiger partial charge < -0.3 is 20.3 Å². The third-order valence-corrected chi connectivity index (χ3v) is 2.97. The Hall–Kier alpha value is -0.810. The van der Waals surface area contributed by atoms with Crippen LogP contribution in [0.4, 0.5) is 0 Å². The molecule has 0 fully saturated rings. The summed E-state index contributed by atoms with van der Waals surface area (Å²) in [5, 5.41) is 22.3. The highest BCUT2D eigenvalue weighted by Gasteiger charge is 2.08. The SMILES string of the molecule is CC(CCCO)NCC(O)COc1cccc(Cl)c1. The van der Waals surface area contributed by atoms with Crippen LogP contribution < -0.4 is 10.1 Å². The summed E-state index contributed by atoms with van der Waals surface area (Å²) in [4.78, 5) is 0. The molecule has 1 aromatic rings. The summed E-state index contributed by atoms with van der Waals surface area (Å²) < 4.78 is 5.45. The van der Waals surface area contributed by atoms with Crippen molar-refractivity contribution in [1.82, 2.24) is 5.32 Å². The first-order valence-corrected chi connectivity index (χ1v) is 6.90. The fourth-order valence-electron chi connectivity index (χ4n) is 1.64. The lowest BCUT2D eigenvalue weighted by Gasteiger charge is -2.17. The van der Waals surface area contributed by atoms with Crippen molar-refractivity contribution in [3.8, 4) is 5.75 Å². The smallest absolute Gasteiger partial charge is 0.120 e. The minimum atomic E-state index is -0.574. The number of benzene rings is 1. The fraction of sp³-hybridized carbons (Fsp3) is 0.571. The molecule has 0 radical (unpaired) electrons. The summed E-state index contributed by atoms with van der Waals surface area (Å²) in [5.74, 6) is 0.653. The molecule has 3 N–H and O–H groups in total. The number of hydrogen-bond acceptors (Lipinski definition) is 4. The number of halogens is 1. The molecule has 1 aromatic carbocycles. The van der Waals surface area contributed by atoms with Crippen LogP contribution in [0.2, 0.25) is 5.02 Å². The Balaban J connectivity index is 2.19. The largest absolute Gasteiger partial charge is 0.491 e. The van der Waals surface area contributed by atoms with Crippen molar-refractivity contribution >= 4 is 11.6 Å². The van der Waals surface area contributed by atoms with Gasteiger partial charge in [0.15, 0.2) is 0 Å². The minimum absolute atomic E-state index is 0.201. The Morgan fingerprint density at radius 3 is 2.89 bits per heavy atom. The molecule has 0 aliphatic rings. The van der Waals surface area contributed by atoms with Gasteiger partial charge in [-0.1, -0.05) is 17.7 Å². The van der Waals surface area contributed by atoms with E-state index >= 15 is 0 Å². The van der Waals surface area contributed by atoms with Crippen molar-refractivity contribution in [2.45, 2.75) is 31.9 Å². The molecule has 0 saturated heterocycles. The second-order valence-electron chi connectivity index (χ2n) is 4.60. The highest BCUT2D eigenvalue weighted by molar-refractivity contribution is 6.30. The molecular weight excluding hydrogens is 266 g/mol. The normalized spacial score (nSPS) is 14.1. The lowest BCUT2D eigenvalue weighted by molar-refractivity contribution is 0.103. The van der Waals surface area contributed by atoms with E-state index in [0.717, 1.165) is 12.8 Å². The molecule has 0 aromatic heterocycles. The molecule has 19 heavy (non-hydrogen) atoms. The standard InChI is InChI=1S/C14H22ClNO3/c1-11(4-3-7-17)16-9-13(18)10-19-14-6-2-5-12(15)8-14/h2,5-6,8,11,13,16-18H,3-4,7,9-10H2,1H3. The predicted molar refractivity (Wildman–Crippen MR) is 76.7 cm³/mol. The molecule has 2 atom stereocenters. The van der Waals surface area contributed by atoms with Crippen molar-refractivity contribution in [2.24, 2.45) is 0 Å². The van der Waals surface area contributed by atoms with Crippen molar-refractivity contribution in [1.29, 1.82) is 0 Å². The Morgan fingerprint density at radius 1 is 1.42 bits per heavy atom. The van der Waals surface area contributed by atoms with Crippen LogP contribution in [0.25, 0.3) is 0 Å². The van der Waals surface area contributed by atoms with Gasteiger partial charge in [0.1, 0.15) is 18.5 Å². The van der Waals surface area contributed by atoms with E-state index in [1.807, 2.05) is 6.92 Å². The van der Waals surface area contributed by atoms with E-state index in [1.165, 1.54) is 0 Å². The first-order valence-electron chi connectivity index (χ1n) is 6.52. The maximum Gasteiger partial charge on any atom is 0.120 e. The molecule has 4 nitrogen and oxygen atoms in total. The third-order valence-electron chi connectivity index (χ3n) is 2.74. The maximum absolute atomic E-state index is 9.78. The number of nitrogens with one attached hydrogen (secondary N) is 1. The first kappa shape index (κ1) is 16.2. The van der Waals surface area contributed by atoms with E-state index in [4.69, 9.17) is 21.4 Å². The minimum Gasteiger partial charge on any atom is -0.491 e. The van der Waals surface area contributed by atoms with Gasteiger partial charge in [-0.25, -0.2) is 0 Å². The summed E-state index contributed by atoms with van der Waals surface area (Å²) in [7, 11) is 0. The van der Waals surface area contributed by atoms with E-state index in [2.05, 4.69) is 5.32 Å². The number of aliphatic hydroxyl groups is 2. The van der Waals surface area contributed by atoms with Gasteiger partial charge in [-0.05, 0) is 38.0 Å². The van der Waals surface area contributed by atoms with Gasteiger partial charge in [0.05, 0.1) is 0 Å². The number of rotatable bonds is 9. The van der Waals surface area contributed by atoms with E-state index in [-0.39, 0.29) is 19.3 Å². The average molecular weight is 288 g/mol. The lowest BCUT2D eigenvalue weighted by atomic mass is 10.2. The van der Waals surface area contributed by atoms with Crippen LogP contribution >= 0.6 is 11.6 Å². The molecule has 0 spiro atoms. The second-order valence-corrected chi connectivity index (χ2v) is 5.03. The molecule has 0 aliphatic carbocycles.